The number of hydrogen-bond acceptors (Lipinski definition) is 4. The maximum absolute atomic E-state index is 12.9. The fourth-order valence-corrected chi connectivity index (χ4v) is 3.00. The molecule has 0 unspecified atom stereocenters. The van der Waals surface area contributed by atoms with Crippen molar-refractivity contribution in [2.24, 2.45) is 0 Å². The summed E-state index contributed by atoms with van der Waals surface area (Å²) in [6.07, 6.45) is 0. The maximum Gasteiger partial charge on any atom is 0.273 e. The van der Waals surface area contributed by atoms with Crippen LogP contribution in [0.2, 0.25) is 0 Å². The molecule has 3 aromatic carbocycles. The molecule has 6 nitrogen and oxygen atoms in total. The van der Waals surface area contributed by atoms with Crippen LogP contribution in [-0.2, 0) is 4.79 Å². The number of aromatic hydroxyl groups is 1. The molecule has 3 rings (SSSR count). The van der Waals surface area contributed by atoms with Crippen LogP contribution in [0.5, 0.6) is 5.75 Å². The normalized spacial score (nSPS) is 10.2. The van der Waals surface area contributed by atoms with E-state index in [4.69, 9.17) is 12.2 Å². The summed E-state index contributed by atoms with van der Waals surface area (Å²) < 4.78 is 0. The molecule has 0 fully saturated rings. The smallest absolute Gasteiger partial charge is 0.273 e. The van der Waals surface area contributed by atoms with Crippen LogP contribution in [0.15, 0.2) is 84.9 Å². The number of thiocarbonyl (C=S) groups is 1. The third-order valence-corrected chi connectivity index (χ3v) is 4.41. The lowest BCUT2D eigenvalue weighted by molar-refractivity contribution is -0.120. The summed E-state index contributed by atoms with van der Waals surface area (Å²) in [5, 5.41) is 12.3. The van der Waals surface area contributed by atoms with Crippen LogP contribution >= 0.6 is 12.2 Å². The number of amides is 2. The number of phenolic OH excluding ortho intramolecular Hbond substituents is 1. The van der Waals surface area contributed by atoms with Gasteiger partial charge in [-0.25, -0.2) is 0 Å². The Morgan fingerprint density at radius 1 is 0.759 bits per heavy atom. The van der Waals surface area contributed by atoms with Gasteiger partial charge in [0, 0.05) is 0 Å². The van der Waals surface area contributed by atoms with Gasteiger partial charge in [-0.1, -0.05) is 72.8 Å². The first-order valence-corrected chi connectivity index (χ1v) is 9.26. The molecule has 7 heteroatoms. The van der Waals surface area contributed by atoms with E-state index >= 15 is 0 Å². The molecule has 0 aliphatic rings. The number of hydrazine groups is 1. The van der Waals surface area contributed by atoms with Crippen LogP contribution in [-0.4, -0.2) is 22.0 Å². The van der Waals surface area contributed by atoms with Crippen molar-refractivity contribution in [2.75, 3.05) is 0 Å². The second-order valence-corrected chi connectivity index (χ2v) is 6.58. The largest absolute Gasteiger partial charge is 0.507 e. The molecule has 4 N–H and O–H groups in total. The van der Waals surface area contributed by atoms with Gasteiger partial charge in [0.25, 0.3) is 5.91 Å². The fraction of sp³-hybridized carbons (Fsp3) is 0.0455. The van der Waals surface area contributed by atoms with Crippen molar-refractivity contribution in [3.05, 3.63) is 102 Å². The molecule has 0 aromatic heterocycles. The molecule has 0 spiro atoms. The summed E-state index contributed by atoms with van der Waals surface area (Å²) in [7, 11) is 0. The minimum Gasteiger partial charge on any atom is -0.507 e. The number of carbonyl (C=O) groups is 2. The van der Waals surface area contributed by atoms with Crippen LogP contribution in [0.1, 0.15) is 27.4 Å². The highest BCUT2D eigenvalue weighted by Gasteiger charge is 2.23. The summed E-state index contributed by atoms with van der Waals surface area (Å²) >= 11 is 5.13. The van der Waals surface area contributed by atoms with Crippen molar-refractivity contribution < 1.29 is 14.7 Å². The van der Waals surface area contributed by atoms with E-state index in [0.29, 0.717) is 0 Å². The first kappa shape index (κ1) is 20.0. The van der Waals surface area contributed by atoms with E-state index in [9.17, 15) is 14.7 Å². The van der Waals surface area contributed by atoms with Gasteiger partial charge in [0.15, 0.2) is 5.11 Å². The molecule has 0 heterocycles. The van der Waals surface area contributed by atoms with E-state index in [1.165, 1.54) is 12.1 Å². The summed E-state index contributed by atoms with van der Waals surface area (Å²) in [5.74, 6) is -1.64. The number of rotatable bonds is 4. The molecular weight excluding hydrogens is 386 g/mol. The zero-order chi connectivity index (χ0) is 20.6. The number of nitrogens with one attached hydrogen (secondary N) is 3. The van der Waals surface area contributed by atoms with Gasteiger partial charge in [-0.15, -0.1) is 0 Å². The molecule has 3 aromatic rings. The minimum absolute atomic E-state index is 0.0596. The average molecular weight is 405 g/mol. The topological polar surface area (TPSA) is 90.5 Å². The van der Waals surface area contributed by atoms with E-state index in [1.807, 2.05) is 60.7 Å². The third-order valence-electron chi connectivity index (χ3n) is 4.20. The first-order valence-electron chi connectivity index (χ1n) is 8.85. The first-order chi connectivity index (χ1) is 14.1. The lowest BCUT2D eigenvalue weighted by Crippen LogP contribution is -2.49. The molecule has 0 atom stereocenters. The number of benzene rings is 3. The Bertz CT molecular complexity index is 971. The summed E-state index contributed by atoms with van der Waals surface area (Å²) in [5.41, 5.74) is 6.56. The molecule has 0 aliphatic carbocycles. The standard InChI is InChI=1S/C22H19N3O3S/c26-18-14-8-7-13-17(18)20(27)24-25-22(29)23-21(28)19(15-9-3-1-4-10-15)16-11-5-2-6-12-16/h1-14,19,26H,(H,24,27)(H2,23,25,28,29). The van der Waals surface area contributed by atoms with Gasteiger partial charge in [0.2, 0.25) is 5.91 Å². The van der Waals surface area contributed by atoms with Gasteiger partial charge >= 0.3 is 0 Å². The van der Waals surface area contributed by atoms with Crippen LogP contribution in [0.3, 0.4) is 0 Å². The quantitative estimate of drug-likeness (QED) is 0.396. The lowest BCUT2D eigenvalue weighted by Gasteiger charge is -2.19. The molecule has 0 saturated heterocycles. The Balaban J connectivity index is 1.67. The Labute approximate surface area is 173 Å². The predicted molar refractivity (Wildman–Crippen MR) is 114 cm³/mol. The van der Waals surface area contributed by atoms with E-state index < -0.39 is 11.8 Å². The second-order valence-electron chi connectivity index (χ2n) is 6.17. The Hall–Kier alpha value is -3.71. The zero-order valence-electron chi connectivity index (χ0n) is 15.3. The highest BCUT2D eigenvalue weighted by Crippen LogP contribution is 2.24. The monoisotopic (exact) mass is 405 g/mol. The van der Waals surface area contributed by atoms with Crippen LogP contribution in [0.25, 0.3) is 0 Å². The van der Waals surface area contributed by atoms with Crippen LogP contribution < -0.4 is 16.2 Å². The Morgan fingerprint density at radius 3 is 1.83 bits per heavy atom. The number of phenols is 1. The molecule has 0 saturated carbocycles. The van der Waals surface area contributed by atoms with Gasteiger partial charge < -0.3 is 10.4 Å². The lowest BCUT2D eigenvalue weighted by atomic mass is 9.90. The van der Waals surface area contributed by atoms with Crippen molar-refractivity contribution in [3.63, 3.8) is 0 Å². The van der Waals surface area contributed by atoms with Gasteiger partial charge in [-0.2, -0.15) is 0 Å². The highest BCUT2D eigenvalue weighted by atomic mass is 32.1. The third kappa shape index (κ3) is 5.18. The SMILES string of the molecule is O=C(NNC(=S)NC(=O)C(c1ccccc1)c1ccccc1)c1ccccc1O. The van der Waals surface area contributed by atoms with Crippen molar-refractivity contribution in [1.82, 2.24) is 16.2 Å². The van der Waals surface area contributed by atoms with Gasteiger partial charge in [-0.05, 0) is 35.5 Å². The highest BCUT2D eigenvalue weighted by molar-refractivity contribution is 7.80. The molecule has 146 valence electrons. The van der Waals surface area contributed by atoms with Crippen LogP contribution in [0, 0.1) is 0 Å². The van der Waals surface area contributed by atoms with Crippen LogP contribution in [0.4, 0.5) is 0 Å². The van der Waals surface area contributed by atoms with E-state index in [-0.39, 0.29) is 22.3 Å². The van der Waals surface area contributed by atoms with E-state index in [2.05, 4.69) is 16.2 Å². The van der Waals surface area contributed by atoms with E-state index in [1.54, 1.807) is 12.1 Å². The Morgan fingerprint density at radius 2 is 1.28 bits per heavy atom. The second kappa shape index (κ2) is 9.48. The summed E-state index contributed by atoms with van der Waals surface area (Å²) in [4.78, 5) is 25.1. The molecule has 0 radical (unpaired) electrons. The van der Waals surface area contributed by atoms with Crippen molar-refractivity contribution >= 4 is 29.1 Å². The van der Waals surface area contributed by atoms with Gasteiger partial charge in [-0.3, -0.25) is 20.4 Å². The zero-order valence-corrected chi connectivity index (χ0v) is 16.1. The molecular formula is C22H19N3O3S. The fourth-order valence-electron chi connectivity index (χ4n) is 2.85. The van der Waals surface area contributed by atoms with Gasteiger partial charge in [0.05, 0.1) is 11.5 Å². The van der Waals surface area contributed by atoms with E-state index in [0.717, 1.165) is 11.1 Å². The Kier molecular flexibility index (Phi) is 6.55. The van der Waals surface area contributed by atoms with Crippen molar-refractivity contribution in [3.8, 4) is 5.75 Å². The molecule has 0 bridgehead atoms. The number of para-hydroxylation sites is 1. The summed E-state index contributed by atoms with van der Waals surface area (Å²) in [6, 6.07) is 24.8. The number of carbonyl (C=O) groups excluding carboxylic acids is 2. The summed E-state index contributed by atoms with van der Waals surface area (Å²) in [6.45, 7) is 0. The molecule has 29 heavy (non-hydrogen) atoms. The van der Waals surface area contributed by atoms with Gasteiger partial charge in [0.1, 0.15) is 5.75 Å². The van der Waals surface area contributed by atoms with Crippen molar-refractivity contribution in [2.45, 2.75) is 5.92 Å². The average Bonchev–Trinajstić information content (AvgIpc) is 2.74. The minimum atomic E-state index is -0.581. The maximum atomic E-state index is 12.9. The predicted octanol–water partition coefficient (Wildman–Crippen LogP) is 2.86. The molecule has 2 amide bonds. The molecule has 0 aliphatic heterocycles. The van der Waals surface area contributed by atoms with Crippen molar-refractivity contribution in [1.29, 1.82) is 0 Å². The number of hydrogen-bond donors (Lipinski definition) is 4.